The molecule has 1 aromatic carbocycles. The van der Waals surface area contributed by atoms with Crippen LogP contribution in [0.2, 0.25) is 0 Å². The summed E-state index contributed by atoms with van der Waals surface area (Å²) in [4.78, 5) is 0. The van der Waals surface area contributed by atoms with Crippen LogP contribution in [0.4, 0.5) is 0 Å². The summed E-state index contributed by atoms with van der Waals surface area (Å²) in [5.74, 6) is 0. The molecule has 5 atom stereocenters. The molecule has 0 radical (unpaired) electrons. The van der Waals surface area contributed by atoms with Gasteiger partial charge in [-0.15, -0.1) is 5.10 Å². The molecule has 22 heavy (non-hydrogen) atoms. The standard InChI is InChI=1S/C14H17N3O5/c18-7-10-11(19)12(20)13(21)14(22-10)17-9(6-15-16-17)8-4-2-1-3-5-8/h1-6,10-14,18-21H,7H2/t10-,11-,12+,13-,14-/m1/s1. The van der Waals surface area contributed by atoms with E-state index in [-0.39, 0.29) is 0 Å². The Balaban J connectivity index is 1.96. The van der Waals surface area contributed by atoms with E-state index in [1.54, 1.807) is 0 Å². The molecule has 118 valence electrons. The van der Waals surface area contributed by atoms with Crippen LogP contribution in [-0.2, 0) is 4.74 Å². The lowest BCUT2D eigenvalue weighted by Gasteiger charge is -2.40. The van der Waals surface area contributed by atoms with Crippen LogP contribution in [0.1, 0.15) is 6.23 Å². The van der Waals surface area contributed by atoms with Crippen LogP contribution in [0.5, 0.6) is 0 Å². The van der Waals surface area contributed by atoms with Crippen molar-refractivity contribution in [1.29, 1.82) is 0 Å². The Hall–Kier alpha value is -1.84. The van der Waals surface area contributed by atoms with Crippen molar-refractivity contribution >= 4 is 0 Å². The molecular weight excluding hydrogens is 290 g/mol. The van der Waals surface area contributed by atoms with Gasteiger partial charge in [-0.1, -0.05) is 35.5 Å². The zero-order valence-corrected chi connectivity index (χ0v) is 11.6. The predicted octanol–water partition coefficient (Wildman–Crippen LogP) is -1.08. The lowest BCUT2D eigenvalue weighted by molar-refractivity contribution is -0.253. The minimum atomic E-state index is -1.45. The van der Waals surface area contributed by atoms with E-state index in [4.69, 9.17) is 4.74 Å². The van der Waals surface area contributed by atoms with Gasteiger partial charge in [-0.05, 0) is 0 Å². The van der Waals surface area contributed by atoms with E-state index >= 15 is 0 Å². The Bertz CT molecular complexity index is 618. The van der Waals surface area contributed by atoms with Crippen LogP contribution >= 0.6 is 0 Å². The molecule has 0 bridgehead atoms. The van der Waals surface area contributed by atoms with Gasteiger partial charge in [0.25, 0.3) is 0 Å². The first kappa shape index (κ1) is 15.1. The van der Waals surface area contributed by atoms with E-state index in [1.165, 1.54) is 10.9 Å². The summed E-state index contributed by atoms with van der Waals surface area (Å²) in [5, 5.41) is 46.8. The molecule has 0 unspecified atom stereocenters. The molecule has 4 N–H and O–H groups in total. The van der Waals surface area contributed by atoms with E-state index in [0.29, 0.717) is 5.69 Å². The van der Waals surface area contributed by atoms with E-state index < -0.39 is 37.3 Å². The molecule has 1 saturated heterocycles. The largest absolute Gasteiger partial charge is 0.394 e. The normalized spacial score (nSPS) is 32.1. The van der Waals surface area contributed by atoms with Gasteiger partial charge in [0.15, 0.2) is 6.23 Å². The maximum Gasteiger partial charge on any atom is 0.181 e. The topological polar surface area (TPSA) is 121 Å². The van der Waals surface area contributed by atoms with E-state index in [2.05, 4.69) is 10.3 Å². The highest BCUT2D eigenvalue weighted by Gasteiger charge is 2.45. The Morgan fingerprint density at radius 1 is 1.05 bits per heavy atom. The molecule has 0 aliphatic carbocycles. The van der Waals surface area contributed by atoms with Crippen molar-refractivity contribution in [3.8, 4) is 11.3 Å². The first-order valence-electron chi connectivity index (χ1n) is 6.89. The number of hydrogen-bond acceptors (Lipinski definition) is 7. The third-order valence-corrected chi connectivity index (χ3v) is 3.75. The van der Waals surface area contributed by atoms with Crippen molar-refractivity contribution in [2.24, 2.45) is 0 Å². The van der Waals surface area contributed by atoms with Gasteiger partial charge in [0, 0.05) is 5.56 Å². The van der Waals surface area contributed by atoms with Gasteiger partial charge < -0.3 is 25.2 Å². The van der Waals surface area contributed by atoms with E-state index in [9.17, 15) is 20.4 Å². The van der Waals surface area contributed by atoms with Crippen molar-refractivity contribution in [2.45, 2.75) is 30.6 Å². The summed E-state index contributed by atoms with van der Waals surface area (Å²) < 4.78 is 6.82. The maximum absolute atomic E-state index is 10.2. The minimum absolute atomic E-state index is 0.489. The van der Waals surface area contributed by atoms with Crippen LogP contribution in [0.15, 0.2) is 36.5 Å². The average molecular weight is 307 g/mol. The number of aliphatic hydroxyl groups is 4. The molecular formula is C14H17N3O5. The molecule has 2 aromatic rings. The fraction of sp³-hybridized carbons (Fsp3) is 0.429. The fourth-order valence-corrected chi connectivity index (χ4v) is 2.53. The number of rotatable bonds is 3. The highest BCUT2D eigenvalue weighted by Crippen LogP contribution is 2.31. The Morgan fingerprint density at radius 3 is 2.45 bits per heavy atom. The molecule has 8 nitrogen and oxygen atoms in total. The monoisotopic (exact) mass is 307 g/mol. The number of benzene rings is 1. The van der Waals surface area contributed by atoms with Crippen LogP contribution < -0.4 is 0 Å². The molecule has 0 spiro atoms. The lowest BCUT2D eigenvalue weighted by Crippen LogP contribution is -2.56. The highest BCUT2D eigenvalue weighted by molar-refractivity contribution is 5.58. The SMILES string of the molecule is OC[C@H]1O[C@@H](n2nncc2-c2ccccc2)[C@H](O)[C@@H](O)[C@@H]1O. The Morgan fingerprint density at radius 2 is 1.77 bits per heavy atom. The molecule has 0 saturated carbocycles. The van der Waals surface area contributed by atoms with E-state index in [1.807, 2.05) is 30.3 Å². The van der Waals surface area contributed by atoms with Gasteiger partial charge in [-0.2, -0.15) is 0 Å². The van der Waals surface area contributed by atoms with Crippen molar-refractivity contribution in [3.63, 3.8) is 0 Å². The van der Waals surface area contributed by atoms with Crippen LogP contribution in [-0.4, -0.2) is 66.4 Å². The summed E-state index contributed by atoms with van der Waals surface area (Å²) in [6.45, 7) is -0.489. The summed E-state index contributed by atoms with van der Waals surface area (Å²) >= 11 is 0. The second-order valence-corrected chi connectivity index (χ2v) is 5.15. The number of aliphatic hydroxyl groups excluding tert-OH is 4. The van der Waals surface area contributed by atoms with Crippen molar-refractivity contribution < 1.29 is 25.2 Å². The minimum Gasteiger partial charge on any atom is -0.394 e. The Kier molecular flexibility index (Phi) is 4.19. The average Bonchev–Trinajstić information content (AvgIpc) is 3.03. The fourth-order valence-electron chi connectivity index (χ4n) is 2.53. The zero-order chi connectivity index (χ0) is 15.7. The molecule has 1 fully saturated rings. The van der Waals surface area contributed by atoms with E-state index in [0.717, 1.165) is 5.56 Å². The third kappa shape index (κ3) is 2.51. The molecule has 1 aromatic heterocycles. The summed E-state index contributed by atoms with van der Waals surface area (Å²) in [6.07, 6.45) is -4.80. The number of aromatic nitrogens is 3. The first-order chi connectivity index (χ1) is 10.6. The molecule has 1 aliphatic heterocycles. The smallest absolute Gasteiger partial charge is 0.181 e. The van der Waals surface area contributed by atoms with Gasteiger partial charge in [-0.3, -0.25) is 0 Å². The third-order valence-electron chi connectivity index (χ3n) is 3.75. The van der Waals surface area contributed by atoms with Gasteiger partial charge in [0.05, 0.1) is 18.5 Å². The lowest BCUT2D eigenvalue weighted by atomic mass is 9.98. The van der Waals surface area contributed by atoms with Crippen molar-refractivity contribution in [2.75, 3.05) is 6.61 Å². The molecule has 2 heterocycles. The molecule has 1 aliphatic rings. The van der Waals surface area contributed by atoms with Crippen molar-refractivity contribution in [1.82, 2.24) is 15.0 Å². The summed E-state index contributed by atoms with van der Waals surface area (Å²) in [6, 6.07) is 9.25. The maximum atomic E-state index is 10.2. The molecule has 8 heteroatoms. The first-order valence-corrected chi connectivity index (χ1v) is 6.89. The quantitative estimate of drug-likeness (QED) is 0.569. The van der Waals surface area contributed by atoms with Crippen LogP contribution in [0, 0.1) is 0 Å². The van der Waals surface area contributed by atoms with Gasteiger partial charge in [0.2, 0.25) is 0 Å². The number of nitrogens with zero attached hydrogens (tertiary/aromatic N) is 3. The Labute approximate surface area is 126 Å². The zero-order valence-electron chi connectivity index (χ0n) is 11.6. The highest BCUT2D eigenvalue weighted by atomic mass is 16.6. The van der Waals surface area contributed by atoms with Gasteiger partial charge in [0.1, 0.15) is 24.4 Å². The van der Waals surface area contributed by atoms with Crippen LogP contribution in [0.25, 0.3) is 11.3 Å². The van der Waals surface area contributed by atoms with Gasteiger partial charge >= 0.3 is 0 Å². The van der Waals surface area contributed by atoms with Crippen molar-refractivity contribution in [3.05, 3.63) is 36.5 Å². The second-order valence-electron chi connectivity index (χ2n) is 5.15. The second kappa shape index (κ2) is 6.11. The predicted molar refractivity (Wildman–Crippen MR) is 74.5 cm³/mol. The summed E-state index contributed by atoms with van der Waals surface area (Å²) in [7, 11) is 0. The molecule has 0 amide bonds. The van der Waals surface area contributed by atoms with Crippen LogP contribution in [0.3, 0.4) is 0 Å². The number of ether oxygens (including phenoxy) is 1. The summed E-state index contributed by atoms with van der Waals surface area (Å²) in [5.41, 5.74) is 1.40. The number of hydrogen-bond donors (Lipinski definition) is 4. The molecule has 3 rings (SSSR count). The van der Waals surface area contributed by atoms with Gasteiger partial charge in [-0.25, -0.2) is 4.68 Å².